The molecule has 2 aromatic rings. The molecule has 2 rings (SSSR count). The normalized spacial score (nSPS) is 10.3. The molecular weight excluding hydrogens is 140 g/mol. The molecule has 0 aromatic carbocycles. The SMILES string of the molecule is Cn1cc(-c2cn[nH]c2)cn1. The molecule has 2 aromatic heterocycles. The first-order valence-corrected chi connectivity index (χ1v) is 3.34. The number of nitrogens with one attached hydrogen (secondary N) is 1. The molecular formula is C7H8N4. The summed E-state index contributed by atoms with van der Waals surface area (Å²) in [4.78, 5) is 0. The van der Waals surface area contributed by atoms with E-state index in [1.54, 1.807) is 10.9 Å². The first-order valence-electron chi connectivity index (χ1n) is 3.34. The van der Waals surface area contributed by atoms with E-state index in [1.807, 2.05) is 25.6 Å². The molecule has 0 aliphatic heterocycles. The standard InChI is InChI=1S/C7H8N4/c1-11-5-7(4-10-11)6-2-8-9-3-6/h2-5H,1H3,(H,8,9). The van der Waals surface area contributed by atoms with Crippen molar-refractivity contribution in [3.63, 3.8) is 0 Å². The second-order valence-electron chi connectivity index (χ2n) is 2.39. The Morgan fingerprint density at radius 1 is 1.36 bits per heavy atom. The molecule has 0 spiro atoms. The summed E-state index contributed by atoms with van der Waals surface area (Å²) in [5.74, 6) is 0. The second kappa shape index (κ2) is 2.23. The topological polar surface area (TPSA) is 46.5 Å². The fraction of sp³-hybridized carbons (Fsp3) is 0.143. The van der Waals surface area contributed by atoms with Gasteiger partial charge in [0.2, 0.25) is 0 Å². The third-order valence-corrected chi connectivity index (χ3v) is 1.54. The van der Waals surface area contributed by atoms with Crippen molar-refractivity contribution < 1.29 is 0 Å². The third-order valence-electron chi connectivity index (χ3n) is 1.54. The Morgan fingerprint density at radius 3 is 2.82 bits per heavy atom. The molecule has 2 heterocycles. The van der Waals surface area contributed by atoms with Gasteiger partial charge in [-0.05, 0) is 0 Å². The molecule has 11 heavy (non-hydrogen) atoms. The highest BCUT2D eigenvalue weighted by molar-refractivity contribution is 5.59. The van der Waals surface area contributed by atoms with E-state index < -0.39 is 0 Å². The van der Waals surface area contributed by atoms with Crippen molar-refractivity contribution >= 4 is 0 Å². The van der Waals surface area contributed by atoms with E-state index in [9.17, 15) is 0 Å². The molecule has 0 saturated carbocycles. The smallest absolute Gasteiger partial charge is 0.0569 e. The summed E-state index contributed by atoms with van der Waals surface area (Å²) in [5, 5.41) is 10.6. The highest BCUT2D eigenvalue weighted by Gasteiger charge is 1.99. The van der Waals surface area contributed by atoms with Gasteiger partial charge in [0.25, 0.3) is 0 Å². The summed E-state index contributed by atoms with van der Waals surface area (Å²) in [7, 11) is 1.89. The Balaban J connectivity index is 2.45. The van der Waals surface area contributed by atoms with Gasteiger partial charge in [-0.3, -0.25) is 9.78 Å². The average molecular weight is 148 g/mol. The molecule has 0 fully saturated rings. The van der Waals surface area contributed by atoms with Crippen LogP contribution in [0.25, 0.3) is 11.1 Å². The predicted octanol–water partition coefficient (Wildman–Crippen LogP) is 0.810. The molecule has 0 aliphatic carbocycles. The van der Waals surface area contributed by atoms with Crippen molar-refractivity contribution in [3.8, 4) is 11.1 Å². The zero-order valence-electron chi connectivity index (χ0n) is 6.15. The van der Waals surface area contributed by atoms with Gasteiger partial charge < -0.3 is 0 Å². The van der Waals surface area contributed by atoms with Crippen molar-refractivity contribution in [2.45, 2.75) is 0 Å². The van der Waals surface area contributed by atoms with Crippen LogP contribution < -0.4 is 0 Å². The summed E-state index contributed by atoms with van der Waals surface area (Å²) in [6.07, 6.45) is 7.38. The largest absolute Gasteiger partial charge is 0.285 e. The predicted molar refractivity (Wildman–Crippen MR) is 40.8 cm³/mol. The van der Waals surface area contributed by atoms with Crippen LogP contribution in [-0.4, -0.2) is 20.0 Å². The van der Waals surface area contributed by atoms with Gasteiger partial charge in [-0.15, -0.1) is 0 Å². The highest BCUT2D eigenvalue weighted by Crippen LogP contribution is 2.14. The fourth-order valence-corrected chi connectivity index (χ4v) is 0.979. The van der Waals surface area contributed by atoms with Gasteiger partial charge in [-0.25, -0.2) is 0 Å². The van der Waals surface area contributed by atoms with E-state index in [0.29, 0.717) is 0 Å². The monoisotopic (exact) mass is 148 g/mol. The van der Waals surface area contributed by atoms with Gasteiger partial charge in [0.15, 0.2) is 0 Å². The van der Waals surface area contributed by atoms with E-state index in [1.165, 1.54) is 0 Å². The van der Waals surface area contributed by atoms with Crippen LogP contribution in [0, 0.1) is 0 Å². The highest BCUT2D eigenvalue weighted by atomic mass is 15.2. The maximum atomic E-state index is 4.05. The van der Waals surface area contributed by atoms with Crippen molar-refractivity contribution in [2.75, 3.05) is 0 Å². The lowest BCUT2D eigenvalue weighted by Crippen LogP contribution is -1.83. The Morgan fingerprint density at radius 2 is 2.27 bits per heavy atom. The number of hydrogen-bond acceptors (Lipinski definition) is 2. The summed E-state index contributed by atoms with van der Waals surface area (Å²) in [5.41, 5.74) is 2.15. The Hall–Kier alpha value is -1.58. The molecule has 0 amide bonds. The first-order chi connectivity index (χ1) is 5.36. The summed E-state index contributed by atoms with van der Waals surface area (Å²) in [6, 6.07) is 0. The molecule has 0 saturated heterocycles. The van der Waals surface area contributed by atoms with Crippen LogP contribution in [0.4, 0.5) is 0 Å². The van der Waals surface area contributed by atoms with Gasteiger partial charge in [-0.2, -0.15) is 10.2 Å². The lowest BCUT2D eigenvalue weighted by atomic mass is 10.2. The van der Waals surface area contributed by atoms with Crippen LogP contribution in [0.1, 0.15) is 0 Å². The number of rotatable bonds is 1. The minimum Gasteiger partial charge on any atom is -0.285 e. The Kier molecular flexibility index (Phi) is 1.25. The molecule has 0 bridgehead atoms. The Labute approximate surface area is 63.9 Å². The van der Waals surface area contributed by atoms with Crippen molar-refractivity contribution in [3.05, 3.63) is 24.8 Å². The molecule has 0 radical (unpaired) electrons. The molecule has 4 heteroatoms. The number of aryl methyl sites for hydroxylation is 1. The van der Waals surface area contributed by atoms with Gasteiger partial charge in [0, 0.05) is 30.6 Å². The van der Waals surface area contributed by atoms with E-state index >= 15 is 0 Å². The number of aromatic nitrogens is 4. The third kappa shape index (κ3) is 1.02. The summed E-state index contributed by atoms with van der Waals surface area (Å²) >= 11 is 0. The van der Waals surface area contributed by atoms with E-state index in [-0.39, 0.29) is 0 Å². The van der Waals surface area contributed by atoms with E-state index in [2.05, 4.69) is 15.3 Å². The lowest BCUT2D eigenvalue weighted by molar-refractivity contribution is 0.768. The summed E-state index contributed by atoms with van der Waals surface area (Å²) < 4.78 is 1.77. The van der Waals surface area contributed by atoms with Crippen LogP contribution in [-0.2, 0) is 7.05 Å². The van der Waals surface area contributed by atoms with Gasteiger partial charge in [0.05, 0.1) is 12.4 Å². The molecule has 0 atom stereocenters. The molecule has 56 valence electrons. The minimum atomic E-state index is 1.07. The molecule has 0 unspecified atom stereocenters. The van der Waals surface area contributed by atoms with Crippen molar-refractivity contribution in [1.29, 1.82) is 0 Å². The number of hydrogen-bond donors (Lipinski definition) is 1. The van der Waals surface area contributed by atoms with Crippen LogP contribution in [0.15, 0.2) is 24.8 Å². The van der Waals surface area contributed by atoms with E-state index in [0.717, 1.165) is 11.1 Å². The maximum Gasteiger partial charge on any atom is 0.0569 e. The average Bonchev–Trinajstić information content (AvgIpc) is 2.55. The maximum absolute atomic E-state index is 4.05. The lowest BCUT2D eigenvalue weighted by Gasteiger charge is -1.84. The van der Waals surface area contributed by atoms with Gasteiger partial charge in [-0.1, -0.05) is 0 Å². The number of aromatic amines is 1. The first kappa shape index (κ1) is 6.15. The minimum absolute atomic E-state index is 1.07. The van der Waals surface area contributed by atoms with Crippen molar-refractivity contribution in [1.82, 2.24) is 20.0 Å². The molecule has 4 nitrogen and oxygen atoms in total. The quantitative estimate of drug-likeness (QED) is 0.650. The zero-order valence-corrected chi connectivity index (χ0v) is 6.15. The van der Waals surface area contributed by atoms with Crippen LogP contribution in [0.5, 0.6) is 0 Å². The summed E-state index contributed by atoms with van der Waals surface area (Å²) in [6.45, 7) is 0. The fourth-order valence-electron chi connectivity index (χ4n) is 0.979. The van der Waals surface area contributed by atoms with Crippen molar-refractivity contribution in [2.24, 2.45) is 7.05 Å². The van der Waals surface area contributed by atoms with Gasteiger partial charge in [0.1, 0.15) is 0 Å². The number of nitrogens with zero attached hydrogens (tertiary/aromatic N) is 3. The molecule has 1 N–H and O–H groups in total. The van der Waals surface area contributed by atoms with E-state index in [4.69, 9.17) is 0 Å². The van der Waals surface area contributed by atoms with Crippen LogP contribution in [0.3, 0.4) is 0 Å². The number of H-pyrrole nitrogens is 1. The second-order valence-corrected chi connectivity index (χ2v) is 2.39. The molecule has 0 aliphatic rings. The Bertz CT molecular complexity index is 333. The van der Waals surface area contributed by atoms with Crippen LogP contribution >= 0.6 is 0 Å². The van der Waals surface area contributed by atoms with Gasteiger partial charge >= 0.3 is 0 Å². The zero-order chi connectivity index (χ0) is 7.68. The van der Waals surface area contributed by atoms with Crippen LogP contribution in [0.2, 0.25) is 0 Å².